The third-order valence-electron chi connectivity index (χ3n) is 2.86. The quantitative estimate of drug-likeness (QED) is 0.841. The van der Waals surface area contributed by atoms with Gasteiger partial charge in [0.25, 0.3) is 0 Å². The van der Waals surface area contributed by atoms with Crippen LogP contribution in [-0.4, -0.2) is 12.6 Å². The maximum atomic E-state index is 4.18. The molecule has 1 heterocycles. The standard InChI is InChI=1S/C14H17NS/c1-4-15-11(3)10(2)13-6-5-12-7-8-16-14(12)9-13/h5-9,11,15H,2,4H2,1,3H3. The highest BCUT2D eigenvalue weighted by Gasteiger charge is 2.08. The van der Waals surface area contributed by atoms with Gasteiger partial charge in [0, 0.05) is 10.7 Å². The summed E-state index contributed by atoms with van der Waals surface area (Å²) in [6, 6.07) is 9.05. The minimum absolute atomic E-state index is 0.336. The molecule has 2 rings (SSSR count). The molecule has 1 aromatic heterocycles. The van der Waals surface area contributed by atoms with Gasteiger partial charge in [-0.1, -0.05) is 25.6 Å². The van der Waals surface area contributed by atoms with Crippen molar-refractivity contribution in [3.63, 3.8) is 0 Å². The highest BCUT2D eigenvalue weighted by Crippen LogP contribution is 2.25. The topological polar surface area (TPSA) is 12.0 Å². The molecule has 2 heteroatoms. The number of hydrogen-bond donors (Lipinski definition) is 1. The molecule has 1 unspecified atom stereocenters. The van der Waals surface area contributed by atoms with Gasteiger partial charge in [0.15, 0.2) is 0 Å². The van der Waals surface area contributed by atoms with E-state index in [0.29, 0.717) is 6.04 Å². The molecule has 1 nitrogen and oxygen atoms in total. The van der Waals surface area contributed by atoms with Gasteiger partial charge in [0.2, 0.25) is 0 Å². The molecule has 84 valence electrons. The summed E-state index contributed by atoms with van der Waals surface area (Å²) in [5.74, 6) is 0. The average molecular weight is 231 g/mol. The molecule has 0 aliphatic rings. The smallest absolute Gasteiger partial charge is 0.0348 e. The van der Waals surface area contributed by atoms with Gasteiger partial charge >= 0.3 is 0 Å². The third-order valence-corrected chi connectivity index (χ3v) is 3.74. The SMILES string of the molecule is C=C(c1ccc2ccsc2c1)C(C)NCC. The van der Waals surface area contributed by atoms with Crippen molar-refractivity contribution in [2.45, 2.75) is 19.9 Å². The Morgan fingerprint density at radius 1 is 1.44 bits per heavy atom. The van der Waals surface area contributed by atoms with Crippen LogP contribution in [0.3, 0.4) is 0 Å². The molecule has 0 spiro atoms. The van der Waals surface area contributed by atoms with E-state index in [2.05, 4.69) is 55.4 Å². The molecule has 1 aromatic carbocycles. The lowest BCUT2D eigenvalue weighted by Crippen LogP contribution is -2.26. The van der Waals surface area contributed by atoms with Gasteiger partial charge < -0.3 is 5.32 Å². The number of hydrogen-bond acceptors (Lipinski definition) is 2. The van der Waals surface area contributed by atoms with Gasteiger partial charge in [-0.15, -0.1) is 11.3 Å². The van der Waals surface area contributed by atoms with Crippen molar-refractivity contribution in [3.8, 4) is 0 Å². The van der Waals surface area contributed by atoms with Crippen LogP contribution in [-0.2, 0) is 0 Å². The molecule has 0 aliphatic heterocycles. The Morgan fingerprint density at radius 3 is 3.00 bits per heavy atom. The second-order valence-corrected chi connectivity index (χ2v) is 4.93. The zero-order valence-corrected chi connectivity index (χ0v) is 10.6. The Balaban J connectivity index is 2.28. The first-order valence-electron chi connectivity index (χ1n) is 5.62. The van der Waals surface area contributed by atoms with E-state index in [4.69, 9.17) is 0 Å². The van der Waals surface area contributed by atoms with Crippen molar-refractivity contribution in [1.82, 2.24) is 5.32 Å². The van der Waals surface area contributed by atoms with Crippen LogP contribution in [0.4, 0.5) is 0 Å². The summed E-state index contributed by atoms with van der Waals surface area (Å²) in [5, 5.41) is 6.84. The van der Waals surface area contributed by atoms with E-state index in [1.54, 1.807) is 11.3 Å². The van der Waals surface area contributed by atoms with Crippen LogP contribution in [0.1, 0.15) is 19.4 Å². The summed E-state index contributed by atoms with van der Waals surface area (Å²) in [4.78, 5) is 0. The van der Waals surface area contributed by atoms with Gasteiger partial charge in [-0.2, -0.15) is 0 Å². The first-order chi connectivity index (χ1) is 7.72. The summed E-state index contributed by atoms with van der Waals surface area (Å²) in [7, 11) is 0. The van der Waals surface area contributed by atoms with E-state index in [1.807, 2.05) is 0 Å². The van der Waals surface area contributed by atoms with Crippen LogP contribution < -0.4 is 5.32 Å². The Hall–Kier alpha value is -1.12. The fourth-order valence-electron chi connectivity index (χ4n) is 1.83. The highest BCUT2D eigenvalue weighted by molar-refractivity contribution is 7.17. The monoisotopic (exact) mass is 231 g/mol. The van der Waals surface area contributed by atoms with Gasteiger partial charge in [0.1, 0.15) is 0 Å². The largest absolute Gasteiger partial charge is 0.310 e. The highest BCUT2D eigenvalue weighted by atomic mass is 32.1. The normalized spacial score (nSPS) is 12.9. The second kappa shape index (κ2) is 4.81. The molecule has 0 saturated carbocycles. The number of benzene rings is 1. The lowest BCUT2D eigenvalue weighted by molar-refractivity contribution is 0.674. The number of nitrogens with one attached hydrogen (secondary N) is 1. The Bertz CT molecular complexity index is 498. The first-order valence-corrected chi connectivity index (χ1v) is 6.50. The number of fused-ring (bicyclic) bond motifs is 1. The third kappa shape index (κ3) is 2.18. The van der Waals surface area contributed by atoms with Crippen LogP contribution in [0.25, 0.3) is 15.7 Å². The van der Waals surface area contributed by atoms with E-state index in [1.165, 1.54) is 15.6 Å². The van der Waals surface area contributed by atoms with Crippen molar-refractivity contribution >= 4 is 27.0 Å². The second-order valence-electron chi connectivity index (χ2n) is 3.98. The van der Waals surface area contributed by atoms with Crippen LogP contribution in [0, 0.1) is 0 Å². The van der Waals surface area contributed by atoms with Crippen LogP contribution >= 0.6 is 11.3 Å². The van der Waals surface area contributed by atoms with Crippen LogP contribution in [0.5, 0.6) is 0 Å². The summed E-state index contributed by atoms with van der Waals surface area (Å²) < 4.78 is 1.34. The average Bonchev–Trinajstić information content (AvgIpc) is 2.75. The summed E-state index contributed by atoms with van der Waals surface area (Å²) >= 11 is 1.78. The Kier molecular flexibility index (Phi) is 3.42. The number of likely N-dealkylation sites (N-methyl/N-ethyl adjacent to an activating group) is 1. The summed E-state index contributed by atoms with van der Waals surface area (Å²) in [6.07, 6.45) is 0. The lowest BCUT2D eigenvalue weighted by Gasteiger charge is -2.15. The molecule has 0 bridgehead atoms. The fraction of sp³-hybridized carbons (Fsp3) is 0.286. The molecule has 1 N–H and O–H groups in total. The fourth-order valence-corrected chi connectivity index (χ4v) is 2.66. The first kappa shape index (κ1) is 11.4. The van der Waals surface area contributed by atoms with Crippen molar-refractivity contribution in [1.29, 1.82) is 0 Å². The number of rotatable bonds is 4. The van der Waals surface area contributed by atoms with Gasteiger partial charge in [-0.25, -0.2) is 0 Å². The molecule has 2 aromatic rings. The summed E-state index contributed by atoms with van der Waals surface area (Å²) in [5.41, 5.74) is 2.40. The molecule has 0 saturated heterocycles. The Labute approximate surface area is 101 Å². The molecule has 1 atom stereocenters. The zero-order valence-electron chi connectivity index (χ0n) is 9.79. The molecule has 16 heavy (non-hydrogen) atoms. The van der Waals surface area contributed by atoms with Crippen molar-refractivity contribution in [2.24, 2.45) is 0 Å². The van der Waals surface area contributed by atoms with Crippen LogP contribution in [0.15, 0.2) is 36.2 Å². The maximum absolute atomic E-state index is 4.18. The Morgan fingerprint density at radius 2 is 2.25 bits per heavy atom. The molecular weight excluding hydrogens is 214 g/mol. The molecule has 0 aliphatic carbocycles. The van der Waals surface area contributed by atoms with E-state index >= 15 is 0 Å². The predicted octanol–water partition coefficient (Wildman–Crippen LogP) is 3.91. The minimum Gasteiger partial charge on any atom is -0.310 e. The van der Waals surface area contributed by atoms with E-state index in [-0.39, 0.29) is 0 Å². The van der Waals surface area contributed by atoms with Gasteiger partial charge in [-0.05, 0) is 47.5 Å². The minimum atomic E-state index is 0.336. The number of thiophene rings is 1. The lowest BCUT2D eigenvalue weighted by atomic mass is 10.0. The zero-order chi connectivity index (χ0) is 11.5. The molecule has 0 fully saturated rings. The molecule has 0 radical (unpaired) electrons. The molecular formula is C14H17NS. The summed E-state index contributed by atoms with van der Waals surface area (Å²) in [6.45, 7) is 9.42. The van der Waals surface area contributed by atoms with E-state index < -0.39 is 0 Å². The predicted molar refractivity (Wildman–Crippen MR) is 74.0 cm³/mol. The van der Waals surface area contributed by atoms with Crippen molar-refractivity contribution in [3.05, 3.63) is 41.8 Å². The van der Waals surface area contributed by atoms with Crippen LogP contribution in [0.2, 0.25) is 0 Å². The van der Waals surface area contributed by atoms with Crippen molar-refractivity contribution < 1.29 is 0 Å². The van der Waals surface area contributed by atoms with E-state index in [0.717, 1.165) is 12.1 Å². The molecule has 0 amide bonds. The van der Waals surface area contributed by atoms with Crippen molar-refractivity contribution in [2.75, 3.05) is 6.54 Å². The van der Waals surface area contributed by atoms with Gasteiger partial charge in [0.05, 0.1) is 0 Å². The van der Waals surface area contributed by atoms with E-state index in [9.17, 15) is 0 Å². The van der Waals surface area contributed by atoms with Gasteiger partial charge in [-0.3, -0.25) is 0 Å². The maximum Gasteiger partial charge on any atom is 0.0348 e.